The number of benzene rings is 1. The van der Waals surface area contributed by atoms with Gasteiger partial charge in [0.15, 0.2) is 0 Å². The molecule has 0 radical (unpaired) electrons. The third-order valence-corrected chi connectivity index (χ3v) is 3.51. The number of para-hydroxylation sites is 1. The number of hydrogen-bond acceptors (Lipinski definition) is 1. The van der Waals surface area contributed by atoms with Crippen LogP contribution in [-0.4, -0.2) is 17.0 Å². The van der Waals surface area contributed by atoms with Crippen molar-refractivity contribution in [2.24, 2.45) is 0 Å². The number of anilines is 1. The van der Waals surface area contributed by atoms with Crippen molar-refractivity contribution in [3.63, 3.8) is 0 Å². The molecule has 0 atom stereocenters. The van der Waals surface area contributed by atoms with Crippen molar-refractivity contribution in [3.05, 3.63) is 53.9 Å². The largest absolute Gasteiger partial charge is 0.362 e. The van der Waals surface area contributed by atoms with Crippen LogP contribution < -0.4 is 4.90 Å². The highest BCUT2D eigenvalue weighted by molar-refractivity contribution is 7.81. The summed E-state index contributed by atoms with van der Waals surface area (Å²) in [4.78, 5) is 6.11. The lowest BCUT2D eigenvalue weighted by Gasteiger charge is -2.10. The maximum Gasteiger partial charge on any atom is 0.114 e. The number of rotatable bonds is 1. The lowest BCUT2D eigenvalue weighted by Crippen LogP contribution is -2.18. The Hall–Kier alpha value is -1.87. The molecule has 1 aliphatic rings. The molecule has 0 aliphatic carbocycles. The fourth-order valence-corrected chi connectivity index (χ4v) is 2.40. The average molecular weight is 240 g/mol. The zero-order valence-electron chi connectivity index (χ0n) is 9.47. The molecule has 2 heterocycles. The van der Waals surface area contributed by atoms with E-state index < -0.39 is 0 Å². The molecule has 1 aromatic carbocycles. The Balaban J connectivity index is 2.16. The third-order valence-electron chi connectivity index (χ3n) is 3.01. The fourth-order valence-electron chi connectivity index (χ4n) is 2.13. The van der Waals surface area contributed by atoms with E-state index in [1.165, 1.54) is 11.3 Å². The van der Waals surface area contributed by atoms with E-state index in [2.05, 4.69) is 28.1 Å². The predicted molar refractivity (Wildman–Crippen MR) is 76.1 cm³/mol. The van der Waals surface area contributed by atoms with E-state index in [1.807, 2.05) is 37.5 Å². The Bertz CT molecular complexity index is 596. The number of likely N-dealkylation sites (N-methyl/N-ethyl adjacent to an activating group) is 1. The van der Waals surface area contributed by atoms with Crippen LogP contribution in [0.15, 0.2) is 42.6 Å². The van der Waals surface area contributed by atoms with Gasteiger partial charge in [-0.05, 0) is 24.3 Å². The second kappa shape index (κ2) is 3.86. The van der Waals surface area contributed by atoms with Gasteiger partial charge in [0.25, 0.3) is 0 Å². The molecule has 1 N–H and O–H groups in total. The minimum Gasteiger partial charge on any atom is -0.362 e. The minimum atomic E-state index is 0.876. The zero-order chi connectivity index (χ0) is 11.8. The number of thiocarbonyl (C=S) groups is 1. The maximum atomic E-state index is 5.49. The van der Waals surface area contributed by atoms with Crippen LogP contribution in [0.2, 0.25) is 0 Å². The van der Waals surface area contributed by atoms with Crippen LogP contribution in [0.4, 0.5) is 5.69 Å². The van der Waals surface area contributed by atoms with Gasteiger partial charge in [-0.25, -0.2) is 0 Å². The molecule has 3 rings (SSSR count). The summed E-state index contributed by atoms with van der Waals surface area (Å²) in [6.45, 7) is 0. The number of H-pyrrole nitrogens is 1. The molecular formula is C14H12N2S. The van der Waals surface area contributed by atoms with E-state index >= 15 is 0 Å². The van der Waals surface area contributed by atoms with E-state index in [1.54, 1.807) is 0 Å². The van der Waals surface area contributed by atoms with Gasteiger partial charge in [0, 0.05) is 35.8 Å². The molecule has 0 bridgehead atoms. The first-order valence-corrected chi connectivity index (χ1v) is 5.91. The lowest BCUT2D eigenvalue weighted by atomic mass is 10.1. The van der Waals surface area contributed by atoms with Gasteiger partial charge in [-0.1, -0.05) is 30.4 Å². The van der Waals surface area contributed by atoms with E-state index in [-0.39, 0.29) is 0 Å². The van der Waals surface area contributed by atoms with Crippen molar-refractivity contribution < 1.29 is 0 Å². The quantitative estimate of drug-likeness (QED) is 0.609. The van der Waals surface area contributed by atoms with Gasteiger partial charge in [-0.3, -0.25) is 0 Å². The van der Waals surface area contributed by atoms with E-state index in [0.29, 0.717) is 0 Å². The number of nitrogens with one attached hydrogen (secondary N) is 1. The van der Waals surface area contributed by atoms with Gasteiger partial charge in [-0.2, -0.15) is 0 Å². The first kappa shape index (κ1) is 10.3. The Kier molecular flexibility index (Phi) is 2.34. The van der Waals surface area contributed by atoms with Gasteiger partial charge in [0.05, 0.1) is 0 Å². The highest BCUT2D eigenvalue weighted by Crippen LogP contribution is 2.37. The van der Waals surface area contributed by atoms with E-state index in [4.69, 9.17) is 12.2 Å². The van der Waals surface area contributed by atoms with Crippen molar-refractivity contribution in [1.29, 1.82) is 0 Å². The number of nitrogens with zero attached hydrogens (tertiary/aromatic N) is 1. The molecule has 84 valence electrons. The molecule has 17 heavy (non-hydrogen) atoms. The summed E-state index contributed by atoms with van der Waals surface area (Å²) in [6.07, 6.45) is 4.02. The van der Waals surface area contributed by atoms with Crippen molar-refractivity contribution in [2.45, 2.75) is 0 Å². The summed E-state index contributed by atoms with van der Waals surface area (Å²) in [6, 6.07) is 12.3. The average Bonchev–Trinajstić information content (AvgIpc) is 2.94. The maximum absolute atomic E-state index is 5.49. The summed E-state index contributed by atoms with van der Waals surface area (Å²) in [7, 11) is 2.01. The van der Waals surface area contributed by atoms with Crippen LogP contribution >= 0.6 is 12.2 Å². The van der Waals surface area contributed by atoms with Crippen molar-refractivity contribution in [3.8, 4) is 0 Å². The Labute approximate surface area is 106 Å². The number of hydrogen-bond donors (Lipinski definition) is 1. The second-order valence-corrected chi connectivity index (χ2v) is 4.45. The van der Waals surface area contributed by atoms with Crippen LogP contribution in [0.3, 0.4) is 0 Å². The van der Waals surface area contributed by atoms with E-state index in [0.717, 1.165) is 16.3 Å². The van der Waals surface area contributed by atoms with Crippen LogP contribution in [-0.2, 0) is 0 Å². The third kappa shape index (κ3) is 1.59. The molecule has 2 aromatic rings. The summed E-state index contributed by atoms with van der Waals surface area (Å²) in [5.41, 5.74) is 4.57. The number of fused-ring (bicyclic) bond motifs is 1. The second-order valence-electron chi connectivity index (χ2n) is 4.06. The van der Waals surface area contributed by atoms with Gasteiger partial charge >= 0.3 is 0 Å². The van der Waals surface area contributed by atoms with Crippen molar-refractivity contribution in [1.82, 2.24) is 4.98 Å². The predicted octanol–water partition coefficient (Wildman–Crippen LogP) is 3.33. The molecule has 0 unspecified atom stereocenters. The zero-order valence-corrected chi connectivity index (χ0v) is 10.3. The van der Waals surface area contributed by atoms with E-state index in [9.17, 15) is 0 Å². The molecule has 3 heteroatoms. The molecular weight excluding hydrogens is 228 g/mol. The Morgan fingerprint density at radius 1 is 1.18 bits per heavy atom. The molecule has 1 aromatic heterocycles. The fraction of sp³-hybridized carbons (Fsp3) is 0.0714. The number of aromatic amines is 1. The van der Waals surface area contributed by atoms with Crippen LogP contribution in [0.1, 0.15) is 11.3 Å². The van der Waals surface area contributed by atoms with Crippen molar-refractivity contribution in [2.75, 3.05) is 11.9 Å². The molecule has 0 amide bonds. The molecule has 0 fully saturated rings. The summed E-state index contributed by atoms with van der Waals surface area (Å²) < 4.78 is 0. The van der Waals surface area contributed by atoms with Gasteiger partial charge in [0.2, 0.25) is 0 Å². The minimum absolute atomic E-state index is 0.876. The molecule has 2 nitrogen and oxygen atoms in total. The summed E-state index contributed by atoms with van der Waals surface area (Å²) >= 11 is 5.49. The standard InChI is InChI=1S/C14H12N2S/c1-16-13-7-3-2-6-11(13)12(14(16)17)9-10-5-4-8-15-10/h2-9,15H,1H3/b12-9+. The first-order valence-electron chi connectivity index (χ1n) is 5.50. The van der Waals surface area contributed by atoms with Crippen molar-refractivity contribution >= 4 is 34.5 Å². The van der Waals surface area contributed by atoms with Crippen LogP contribution in [0.25, 0.3) is 11.6 Å². The van der Waals surface area contributed by atoms with Gasteiger partial charge in [-0.15, -0.1) is 0 Å². The summed E-state index contributed by atoms with van der Waals surface area (Å²) in [5.74, 6) is 0. The van der Waals surface area contributed by atoms with Crippen LogP contribution in [0, 0.1) is 0 Å². The monoisotopic (exact) mass is 240 g/mol. The highest BCUT2D eigenvalue weighted by Gasteiger charge is 2.25. The Morgan fingerprint density at radius 2 is 2.00 bits per heavy atom. The van der Waals surface area contributed by atoms with Gasteiger partial charge in [0.1, 0.15) is 4.99 Å². The topological polar surface area (TPSA) is 19.0 Å². The Morgan fingerprint density at radius 3 is 2.76 bits per heavy atom. The first-order chi connectivity index (χ1) is 8.27. The molecule has 0 saturated heterocycles. The summed E-state index contributed by atoms with van der Waals surface area (Å²) in [5, 5.41) is 0. The molecule has 0 saturated carbocycles. The smallest absolute Gasteiger partial charge is 0.114 e. The highest BCUT2D eigenvalue weighted by atomic mass is 32.1. The molecule has 0 spiro atoms. The normalized spacial score (nSPS) is 16.6. The van der Waals surface area contributed by atoms with Crippen LogP contribution in [0.5, 0.6) is 0 Å². The SMILES string of the molecule is CN1C(=S)/C(=C/c2ccc[nH]2)c2ccccc21. The molecule has 1 aliphatic heterocycles. The lowest BCUT2D eigenvalue weighted by molar-refractivity contribution is 1.32. The van der Waals surface area contributed by atoms with Gasteiger partial charge < -0.3 is 9.88 Å². The number of aromatic nitrogens is 1.